The van der Waals surface area contributed by atoms with E-state index in [1.54, 1.807) is 6.07 Å². The lowest BCUT2D eigenvalue weighted by atomic mass is 9.65. The van der Waals surface area contributed by atoms with Crippen LogP contribution >= 0.6 is 0 Å². The zero-order valence-electron chi connectivity index (χ0n) is 13.4. The highest BCUT2D eigenvalue weighted by atomic mass is 16.3. The summed E-state index contributed by atoms with van der Waals surface area (Å²) in [6.07, 6.45) is 0. The molecule has 0 bridgehead atoms. The molecule has 0 amide bonds. The molecule has 0 saturated carbocycles. The summed E-state index contributed by atoms with van der Waals surface area (Å²) in [5, 5.41) is 11.0. The smallest absolute Gasteiger partial charge is 0.141 e. The maximum Gasteiger partial charge on any atom is 0.141 e. The van der Waals surface area contributed by atoms with Gasteiger partial charge in [-0.3, -0.25) is 0 Å². The maximum atomic E-state index is 10.0. The van der Waals surface area contributed by atoms with Gasteiger partial charge >= 0.3 is 0 Å². The van der Waals surface area contributed by atoms with Crippen LogP contribution in [0.3, 0.4) is 0 Å². The fraction of sp³-hybridized carbons (Fsp3) is 0.500. The van der Waals surface area contributed by atoms with Crippen LogP contribution in [0.4, 0.5) is 0 Å². The van der Waals surface area contributed by atoms with Crippen LogP contribution in [0.15, 0.2) is 30.3 Å². The highest BCUT2D eigenvalue weighted by molar-refractivity contribution is 5.84. The molecule has 0 aliphatic carbocycles. The van der Waals surface area contributed by atoms with E-state index in [-0.39, 0.29) is 16.6 Å². The molecule has 0 aliphatic rings. The normalized spacial score (nSPS) is 13.2. The largest absolute Gasteiger partial charge is 0.506 e. The molecule has 0 atom stereocenters. The standard InChI is InChI=1S/C18H25NO/c1-17(2,3)16(18(4,5)6)13-11-10-12-8-7-9-14(20)15(12)19-13/h7-11,16,20H,1-6H3. The zero-order valence-corrected chi connectivity index (χ0v) is 13.4. The van der Waals surface area contributed by atoms with Crippen LogP contribution in [0.1, 0.15) is 53.2 Å². The molecule has 0 unspecified atom stereocenters. The number of phenolic OH excluding ortho intramolecular Hbond substituents is 1. The van der Waals surface area contributed by atoms with Crippen LogP contribution in [0.2, 0.25) is 0 Å². The Morgan fingerprint density at radius 1 is 0.900 bits per heavy atom. The molecule has 1 N–H and O–H groups in total. The number of pyridine rings is 1. The summed E-state index contributed by atoms with van der Waals surface area (Å²) < 4.78 is 0. The number of hydrogen-bond acceptors (Lipinski definition) is 2. The van der Waals surface area contributed by atoms with Gasteiger partial charge in [0.15, 0.2) is 0 Å². The lowest BCUT2D eigenvalue weighted by molar-refractivity contribution is 0.172. The average molecular weight is 271 g/mol. The van der Waals surface area contributed by atoms with Crippen LogP contribution < -0.4 is 0 Å². The van der Waals surface area contributed by atoms with Crippen molar-refractivity contribution >= 4 is 10.9 Å². The quantitative estimate of drug-likeness (QED) is 0.781. The molecule has 2 rings (SSSR count). The topological polar surface area (TPSA) is 33.1 Å². The van der Waals surface area contributed by atoms with Crippen molar-refractivity contribution < 1.29 is 5.11 Å². The highest BCUT2D eigenvalue weighted by Gasteiger charge is 2.37. The van der Waals surface area contributed by atoms with Gasteiger partial charge in [-0.15, -0.1) is 0 Å². The number of fused-ring (bicyclic) bond motifs is 1. The van der Waals surface area contributed by atoms with Gasteiger partial charge in [0.25, 0.3) is 0 Å². The van der Waals surface area contributed by atoms with Gasteiger partial charge in [0.2, 0.25) is 0 Å². The van der Waals surface area contributed by atoms with E-state index < -0.39 is 0 Å². The van der Waals surface area contributed by atoms with E-state index in [4.69, 9.17) is 4.98 Å². The molecule has 0 saturated heterocycles. The van der Waals surface area contributed by atoms with Crippen molar-refractivity contribution in [3.05, 3.63) is 36.0 Å². The highest BCUT2D eigenvalue weighted by Crippen LogP contribution is 2.47. The van der Waals surface area contributed by atoms with Crippen molar-refractivity contribution in [2.75, 3.05) is 0 Å². The predicted octanol–water partition coefficient (Wildman–Crippen LogP) is 5.12. The number of aromatic hydroxyl groups is 1. The van der Waals surface area contributed by atoms with Crippen LogP contribution in [0, 0.1) is 10.8 Å². The third kappa shape index (κ3) is 2.79. The first-order chi connectivity index (χ1) is 9.10. The van der Waals surface area contributed by atoms with Crippen molar-refractivity contribution in [3.63, 3.8) is 0 Å². The van der Waals surface area contributed by atoms with Gasteiger partial charge in [-0.1, -0.05) is 59.7 Å². The second-order valence-corrected chi connectivity index (χ2v) is 7.75. The maximum absolute atomic E-state index is 10.0. The monoisotopic (exact) mass is 271 g/mol. The summed E-state index contributed by atoms with van der Waals surface area (Å²) in [6.45, 7) is 13.5. The third-order valence-corrected chi connectivity index (χ3v) is 3.75. The van der Waals surface area contributed by atoms with Crippen molar-refractivity contribution in [3.8, 4) is 5.75 Å². The molecule has 0 radical (unpaired) electrons. The summed E-state index contributed by atoms with van der Waals surface area (Å²) in [7, 11) is 0. The van der Waals surface area contributed by atoms with Gasteiger partial charge < -0.3 is 5.11 Å². The van der Waals surface area contributed by atoms with Crippen molar-refractivity contribution in [2.24, 2.45) is 10.8 Å². The Balaban J connectivity index is 2.64. The fourth-order valence-corrected chi connectivity index (χ4v) is 3.49. The van der Waals surface area contributed by atoms with Crippen LogP contribution in [0.5, 0.6) is 5.75 Å². The lowest BCUT2D eigenvalue weighted by Gasteiger charge is -2.40. The minimum absolute atomic E-state index is 0.114. The molecule has 0 fully saturated rings. The van der Waals surface area contributed by atoms with Crippen LogP contribution in [-0.4, -0.2) is 10.1 Å². The molecule has 2 nitrogen and oxygen atoms in total. The molecule has 108 valence electrons. The Bertz CT molecular complexity index is 603. The van der Waals surface area contributed by atoms with E-state index in [0.29, 0.717) is 11.4 Å². The molecule has 1 aromatic carbocycles. The van der Waals surface area contributed by atoms with E-state index in [9.17, 15) is 5.11 Å². The summed E-state index contributed by atoms with van der Waals surface area (Å²) >= 11 is 0. The molecule has 1 aromatic heterocycles. The molecule has 0 aliphatic heterocycles. The predicted molar refractivity (Wildman–Crippen MR) is 85.1 cm³/mol. The zero-order chi connectivity index (χ0) is 15.1. The SMILES string of the molecule is CC(C)(C)C(c1ccc2cccc(O)c2n1)C(C)(C)C. The summed E-state index contributed by atoms with van der Waals surface area (Å²) in [4.78, 5) is 4.76. The third-order valence-electron chi connectivity index (χ3n) is 3.75. The van der Waals surface area contributed by atoms with Gasteiger partial charge in [-0.2, -0.15) is 0 Å². The lowest BCUT2D eigenvalue weighted by Crippen LogP contribution is -2.31. The first kappa shape index (κ1) is 14.8. The second kappa shape index (κ2) is 4.76. The van der Waals surface area contributed by atoms with Crippen molar-refractivity contribution in [1.82, 2.24) is 4.98 Å². The minimum atomic E-state index is 0.114. The van der Waals surface area contributed by atoms with E-state index in [1.165, 1.54) is 0 Å². The summed E-state index contributed by atoms with van der Waals surface area (Å²) in [6, 6.07) is 9.69. The van der Waals surface area contributed by atoms with Crippen LogP contribution in [0.25, 0.3) is 10.9 Å². The summed E-state index contributed by atoms with van der Waals surface area (Å²) in [5.41, 5.74) is 1.98. The van der Waals surface area contributed by atoms with Crippen LogP contribution in [-0.2, 0) is 0 Å². The van der Waals surface area contributed by atoms with E-state index in [0.717, 1.165) is 11.1 Å². The number of nitrogens with zero attached hydrogens (tertiary/aromatic N) is 1. The average Bonchev–Trinajstić information content (AvgIpc) is 2.26. The first-order valence-corrected chi connectivity index (χ1v) is 7.19. The van der Waals surface area contributed by atoms with E-state index in [2.05, 4.69) is 53.7 Å². The van der Waals surface area contributed by atoms with Crippen molar-refractivity contribution in [2.45, 2.75) is 47.5 Å². The Kier molecular flexibility index (Phi) is 3.53. The Morgan fingerprint density at radius 3 is 2.05 bits per heavy atom. The van der Waals surface area contributed by atoms with E-state index in [1.807, 2.05) is 12.1 Å². The fourth-order valence-electron chi connectivity index (χ4n) is 3.49. The molecule has 20 heavy (non-hydrogen) atoms. The number of phenols is 1. The second-order valence-electron chi connectivity index (χ2n) is 7.75. The molecule has 1 heterocycles. The molecule has 2 heteroatoms. The molecule has 2 aromatic rings. The number of rotatable bonds is 1. The number of hydrogen-bond donors (Lipinski definition) is 1. The van der Waals surface area contributed by atoms with Gasteiger partial charge in [0.1, 0.15) is 11.3 Å². The molecular weight excluding hydrogens is 246 g/mol. The molecular formula is C18H25NO. The van der Waals surface area contributed by atoms with E-state index >= 15 is 0 Å². The Hall–Kier alpha value is -1.57. The first-order valence-electron chi connectivity index (χ1n) is 7.19. The number of para-hydroxylation sites is 1. The Labute approximate surface area is 121 Å². The van der Waals surface area contributed by atoms with Gasteiger partial charge in [0, 0.05) is 17.0 Å². The Morgan fingerprint density at radius 2 is 1.50 bits per heavy atom. The van der Waals surface area contributed by atoms with Gasteiger partial charge in [-0.25, -0.2) is 4.98 Å². The van der Waals surface area contributed by atoms with Crippen molar-refractivity contribution in [1.29, 1.82) is 0 Å². The van der Waals surface area contributed by atoms with Gasteiger partial charge in [0.05, 0.1) is 0 Å². The minimum Gasteiger partial charge on any atom is -0.506 e. The number of benzene rings is 1. The summed E-state index contributed by atoms with van der Waals surface area (Å²) in [5.74, 6) is 0.574. The number of aromatic nitrogens is 1. The molecule has 0 spiro atoms. The van der Waals surface area contributed by atoms with Gasteiger partial charge in [-0.05, 0) is 23.0 Å².